The van der Waals surface area contributed by atoms with Gasteiger partial charge >= 0.3 is 0 Å². The lowest BCUT2D eigenvalue weighted by atomic mass is 9.93. The summed E-state index contributed by atoms with van der Waals surface area (Å²) in [7, 11) is 0. The Morgan fingerprint density at radius 1 is 1.32 bits per heavy atom. The minimum atomic E-state index is 0.0552. The average molecular weight is 259 g/mol. The van der Waals surface area contributed by atoms with Gasteiger partial charge in [-0.25, -0.2) is 9.98 Å². The normalized spacial score (nSPS) is 26.4. The Labute approximate surface area is 116 Å². The lowest BCUT2D eigenvalue weighted by molar-refractivity contribution is 0.704. The number of nitrogens with one attached hydrogen (secondary N) is 1. The van der Waals surface area contributed by atoms with Crippen molar-refractivity contribution >= 4 is 11.7 Å². The van der Waals surface area contributed by atoms with Gasteiger partial charge in [0.15, 0.2) is 0 Å². The van der Waals surface area contributed by atoms with Crippen LogP contribution in [0, 0.1) is 5.92 Å². The monoisotopic (exact) mass is 259 g/mol. The van der Waals surface area contributed by atoms with Crippen LogP contribution in [0.1, 0.15) is 52.9 Å². The van der Waals surface area contributed by atoms with Crippen LogP contribution in [0.5, 0.6) is 0 Å². The van der Waals surface area contributed by atoms with Crippen molar-refractivity contribution in [1.82, 2.24) is 5.32 Å². The summed E-state index contributed by atoms with van der Waals surface area (Å²) in [5, 5.41) is 3.30. The Kier molecular flexibility index (Phi) is 4.94. The van der Waals surface area contributed by atoms with Gasteiger partial charge in [-0.15, -0.1) is 0 Å². The third-order valence-electron chi connectivity index (χ3n) is 3.61. The zero-order valence-corrected chi connectivity index (χ0v) is 12.3. The molecular weight excluding hydrogens is 234 g/mol. The lowest BCUT2D eigenvalue weighted by Crippen LogP contribution is -2.38. The molecule has 19 heavy (non-hydrogen) atoms. The first-order valence-electron chi connectivity index (χ1n) is 7.45. The highest BCUT2D eigenvalue weighted by Crippen LogP contribution is 2.22. The fourth-order valence-corrected chi connectivity index (χ4v) is 2.58. The van der Waals surface area contributed by atoms with Gasteiger partial charge in [0.25, 0.3) is 0 Å². The Morgan fingerprint density at radius 3 is 2.79 bits per heavy atom. The number of aliphatic imine (C=N–C) groups is 2. The number of rotatable bonds is 5. The molecule has 2 atom stereocenters. The number of hydrogen-bond acceptors (Lipinski definition) is 3. The first-order chi connectivity index (χ1) is 9.19. The summed E-state index contributed by atoms with van der Waals surface area (Å²) >= 11 is 0. The van der Waals surface area contributed by atoms with Gasteiger partial charge in [0.1, 0.15) is 17.8 Å². The predicted octanol–water partition coefficient (Wildman–Crippen LogP) is 3.84. The molecular formula is C16H25N3. The van der Waals surface area contributed by atoms with E-state index in [4.69, 9.17) is 0 Å². The van der Waals surface area contributed by atoms with Gasteiger partial charge in [0.05, 0.1) is 0 Å². The SMILES string of the molecule is CCCCCC1=CCC(C2=NC(C)N=C(C)N2)C=C1. The molecule has 1 N–H and O–H groups in total. The van der Waals surface area contributed by atoms with Gasteiger partial charge in [0, 0.05) is 5.92 Å². The summed E-state index contributed by atoms with van der Waals surface area (Å²) in [5.74, 6) is 2.44. The molecule has 0 aromatic carbocycles. The molecule has 3 heteroatoms. The van der Waals surface area contributed by atoms with Crippen LogP contribution in [0.4, 0.5) is 0 Å². The number of unbranched alkanes of at least 4 members (excludes halogenated alkanes) is 2. The summed E-state index contributed by atoms with van der Waals surface area (Å²) in [4.78, 5) is 8.97. The highest BCUT2D eigenvalue weighted by Gasteiger charge is 2.19. The molecule has 1 heterocycles. The quantitative estimate of drug-likeness (QED) is 0.748. The highest BCUT2D eigenvalue weighted by atomic mass is 15.2. The van der Waals surface area contributed by atoms with Gasteiger partial charge in [-0.3, -0.25) is 0 Å². The lowest BCUT2D eigenvalue weighted by Gasteiger charge is -2.23. The molecule has 2 rings (SSSR count). The Hall–Kier alpha value is -1.38. The average Bonchev–Trinajstić information content (AvgIpc) is 2.39. The van der Waals surface area contributed by atoms with Crippen molar-refractivity contribution in [2.24, 2.45) is 15.9 Å². The minimum absolute atomic E-state index is 0.0552. The van der Waals surface area contributed by atoms with E-state index in [1.165, 1.54) is 31.3 Å². The zero-order valence-electron chi connectivity index (χ0n) is 12.3. The van der Waals surface area contributed by atoms with E-state index < -0.39 is 0 Å². The molecule has 1 aliphatic carbocycles. The molecule has 0 spiro atoms. The first-order valence-corrected chi connectivity index (χ1v) is 7.45. The van der Waals surface area contributed by atoms with Gasteiger partial charge in [-0.05, 0) is 33.1 Å². The van der Waals surface area contributed by atoms with Crippen molar-refractivity contribution in [3.8, 4) is 0 Å². The van der Waals surface area contributed by atoms with Crippen LogP contribution in [0.15, 0.2) is 33.8 Å². The Balaban J connectivity index is 1.88. The van der Waals surface area contributed by atoms with Crippen LogP contribution in [0.3, 0.4) is 0 Å². The molecule has 0 bridgehead atoms. The standard InChI is InChI=1S/C16H25N3/c1-4-5-6-7-14-8-10-15(11-9-14)16-18-12(2)17-13(3)19-16/h8-10,12,15H,4-7,11H2,1-3H3,(H,17,18,19). The second-order valence-electron chi connectivity index (χ2n) is 5.42. The molecule has 0 aromatic heterocycles. The van der Waals surface area contributed by atoms with E-state index >= 15 is 0 Å². The third kappa shape index (κ3) is 4.05. The molecule has 0 saturated heterocycles. The first kappa shape index (κ1) is 14.0. The smallest absolute Gasteiger partial charge is 0.140 e. The Morgan fingerprint density at radius 2 is 2.16 bits per heavy atom. The van der Waals surface area contributed by atoms with Crippen molar-refractivity contribution in [1.29, 1.82) is 0 Å². The van der Waals surface area contributed by atoms with E-state index in [9.17, 15) is 0 Å². The van der Waals surface area contributed by atoms with Crippen LogP contribution < -0.4 is 5.32 Å². The van der Waals surface area contributed by atoms with Crippen LogP contribution in [0.25, 0.3) is 0 Å². The predicted molar refractivity (Wildman–Crippen MR) is 82.6 cm³/mol. The fraction of sp³-hybridized carbons (Fsp3) is 0.625. The molecule has 0 aromatic rings. The number of hydrogen-bond donors (Lipinski definition) is 1. The maximum absolute atomic E-state index is 4.59. The summed E-state index contributed by atoms with van der Waals surface area (Å²) in [6, 6.07) is 0. The zero-order chi connectivity index (χ0) is 13.7. The van der Waals surface area contributed by atoms with Crippen molar-refractivity contribution < 1.29 is 0 Å². The summed E-state index contributed by atoms with van der Waals surface area (Å²) in [6.45, 7) is 6.28. The van der Waals surface area contributed by atoms with Crippen LogP contribution in [-0.2, 0) is 0 Å². The molecule has 0 amide bonds. The Bertz CT molecular complexity index is 429. The minimum Gasteiger partial charge on any atom is -0.332 e. The number of allylic oxidation sites excluding steroid dienone is 3. The summed E-state index contributed by atoms with van der Waals surface area (Å²) < 4.78 is 0. The van der Waals surface area contributed by atoms with Crippen LogP contribution >= 0.6 is 0 Å². The number of amidine groups is 2. The molecule has 0 radical (unpaired) electrons. The molecule has 2 aliphatic rings. The van der Waals surface area contributed by atoms with E-state index in [1.807, 2.05) is 13.8 Å². The second kappa shape index (κ2) is 6.69. The van der Waals surface area contributed by atoms with Crippen LogP contribution in [0.2, 0.25) is 0 Å². The molecule has 0 fully saturated rings. The van der Waals surface area contributed by atoms with E-state index in [1.54, 1.807) is 0 Å². The highest BCUT2D eigenvalue weighted by molar-refractivity contribution is 6.02. The topological polar surface area (TPSA) is 36.8 Å². The largest absolute Gasteiger partial charge is 0.332 e. The fourth-order valence-electron chi connectivity index (χ4n) is 2.58. The van der Waals surface area contributed by atoms with E-state index in [-0.39, 0.29) is 6.17 Å². The molecule has 1 aliphatic heterocycles. The van der Waals surface area contributed by atoms with Gasteiger partial charge in [-0.2, -0.15) is 0 Å². The third-order valence-corrected chi connectivity index (χ3v) is 3.61. The molecule has 104 valence electrons. The maximum Gasteiger partial charge on any atom is 0.140 e. The number of nitrogens with zero attached hydrogens (tertiary/aromatic N) is 2. The van der Waals surface area contributed by atoms with Gasteiger partial charge in [0.2, 0.25) is 0 Å². The van der Waals surface area contributed by atoms with E-state index in [2.05, 4.69) is 40.5 Å². The van der Waals surface area contributed by atoms with Gasteiger partial charge < -0.3 is 5.32 Å². The second-order valence-corrected chi connectivity index (χ2v) is 5.42. The van der Waals surface area contributed by atoms with Gasteiger partial charge in [-0.1, -0.05) is 43.6 Å². The van der Waals surface area contributed by atoms with E-state index in [0.29, 0.717) is 5.92 Å². The maximum atomic E-state index is 4.59. The van der Waals surface area contributed by atoms with E-state index in [0.717, 1.165) is 18.1 Å². The summed E-state index contributed by atoms with van der Waals surface area (Å²) in [6.07, 6.45) is 13.2. The molecule has 0 saturated carbocycles. The molecule has 2 unspecified atom stereocenters. The van der Waals surface area contributed by atoms with Crippen molar-refractivity contribution in [2.75, 3.05) is 0 Å². The summed E-state index contributed by atoms with van der Waals surface area (Å²) in [5.41, 5.74) is 1.49. The molecule has 3 nitrogen and oxygen atoms in total. The van der Waals surface area contributed by atoms with Crippen LogP contribution in [-0.4, -0.2) is 17.8 Å². The van der Waals surface area contributed by atoms with Crippen molar-refractivity contribution in [2.45, 2.75) is 59.0 Å². The van der Waals surface area contributed by atoms with Crippen molar-refractivity contribution in [3.63, 3.8) is 0 Å². The van der Waals surface area contributed by atoms with Crippen molar-refractivity contribution in [3.05, 3.63) is 23.8 Å².